The lowest BCUT2D eigenvalue weighted by atomic mass is 10.1. The van der Waals surface area contributed by atoms with Gasteiger partial charge in [0.1, 0.15) is 0 Å². The molecule has 0 radical (unpaired) electrons. The van der Waals surface area contributed by atoms with Crippen LogP contribution in [0.25, 0.3) is 0 Å². The van der Waals surface area contributed by atoms with Crippen molar-refractivity contribution >= 4 is 29.2 Å². The van der Waals surface area contributed by atoms with Crippen molar-refractivity contribution in [1.82, 2.24) is 10.6 Å². The monoisotopic (exact) mass is 390 g/mol. The van der Waals surface area contributed by atoms with Crippen molar-refractivity contribution in [2.24, 2.45) is 4.99 Å². The van der Waals surface area contributed by atoms with Gasteiger partial charge in [-0.15, -0.1) is 0 Å². The summed E-state index contributed by atoms with van der Waals surface area (Å²) in [6.45, 7) is 3.38. The zero-order chi connectivity index (χ0) is 18.9. The summed E-state index contributed by atoms with van der Waals surface area (Å²) in [6.07, 6.45) is -0.773. The number of hydrogen-bond acceptors (Lipinski definition) is 3. The average Bonchev–Trinajstić information content (AvgIpc) is 2.63. The maximum Gasteiger partial charge on any atom is 0.191 e. The molecule has 0 aromatic heterocycles. The molecule has 0 fully saturated rings. The third kappa shape index (κ3) is 6.23. The topological polar surface area (TPSA) is 80.4 Å². The Morgan fingerprint density at radius 3 is 2.38 bits per heavy atom. The third-order valence-electron chi connectivity index (χ3n) is 3.58. The van der Waals surface area contributed by atoms with Crippen LogP contribution in [-0.2, 0) is 6.54 Å². The van der Waals surface area contributed by atoms with Gasteiger partial charge in [-0.25, -0.2) is 4.99 Å². The lowest BCUT2D eigenvalue weighted by Crippen LogP contribution is -2.39. The van der Waals surface area contributed by atoms with Gasteiger partial charge in [-0.2, -0.15) is 5.26 Å². The lowest BCUT2D eigenvalue weighted by Gasteiger charge is -2.16. The van der Waals surface area contributed by atoms with Gasteiger partial charge in [0.05, 0.1) is 24.3 Å². The minimum Gasteiger partial charge on any atom is -0.387 e. The SMILES string of the molecule is CCNC(=NCc1ccc(C#N)cc1)NCC(O)c1cc(Cl)cc(Cl)c1. The smallest absolute Gasteiger partial charge is 0.191 e. The fraction of sp³-hybridized carbons (Fsp3) is 0.263. The largest absolute Gasteiger partial charge is 0.387 e. The van der Waals surface area contributed by atoms with E-state index in [9.17, 15) is 5.11 Å². The lowest BCUT2D eigenvalue weighted by molar-refractivity contribution is 0.181. The molecule has 7 heteroatoms. The van der Waals surface area contributed by atoms with Crippen LogP contribution in [0.2, 0.25) is 10.0 Å². The first-order chi connectivity index (χ1) is 12.5. The van der Waals surface area contributed by atoms with E-state index in [1.54, 1.807) is 30.3 Å². The molecule has 0 aliphatic carbocycles. The van der Waals surface area contributed by atoms with Crippen molar-refractivity contribution in [1.29, 1.82) is 5.26 Å². The number of rotatable bonds is 6. The number of nitrogens with one attached hydrogen (secondary N) is 2. The maximum atomic E-state index is 10.3. The molecule has 3 N–H and O–H groups in total. The van der Waals surface area contributed by atoms with Gasteiger partial charge in [-0.3, -0.25) is 0 Å². The van der Waals surface area contributed by atoms with Crippen molar-refractivity contribution in [2.45, 2.75) is 19.6 Å². The van der Waals surface area contributed by atoms with Crippen molar-refractivity contribution in [2.75, 3.05) is 13.1 Å². The molecule has 1 unspecified atom stereocenters. The van der Waals surface area contributed by atoms with E-state index in [0.717, 1.165) is 5.56 Å². The second-order valence-electron chi connectivity index (χ2n) is 5.60. The molecule has 0 heterocycles. The van der Waals surface area contributed by atoms with Crippen LogP contribution in [0, 0.1) is 11.3 Å². The molecule has 2 aromatic carbocycles. The second kappa shape index (κ2) is 10.0. The molecule has 26 heavy (non-hydrogen) atoms. The molecule has 0 spiro atoms. The number of hydrogen-bond donors (Lipinski definition) is 3. The van der Waals surface area contributed by atoms with Gasteiger partial charge in [-0.05, 0) is 48.4 Å². The Hall–Kier alpha value is -2.26. The van der Waals surface area contributed by atoms with E-state index >= 15 is 0 Å². The summed E-state index contributed by atoms with van der Waals surface area (Å²) in [5, 5.41) is 26.4. The quantitative estimate of drug-likeness (QED) is 0.519. The van der Waals surface area contributed by atoms with Crippen LogP contribution >= 0.6 is 23.2 Å². The van der Waals surface area contributed by atoms with Crippen molar-refractivity contribution in [3.05, 3.63) is 69.2 Å². The number of nitrogens with zero attached hydrogens (tertiary/aromatic N) is 2. The van der Waals surface area contributed by atoms with Gasteiger partial charge in [0, 0.05) is 23.1 Å². The molecule has 0 saturated carbocycles. The maximum absolute atomic E-state index is 10.3. The Morgan fingerprint density at radius 2 is 1.81 bits per heavy atom. The number of aliphatic hydroxyl groups is 1. The first kappa shape index (κ1) is 20.1. The minimum atomic E-state index is -0.773. The Balaban J connectivity index is 1.98. The highest BCUT2D eigenvalue weighted by molar-refractivity contribution is 6.34. The summed E-state index contributed by atoms with van der Waals surface area (Å²) in [5.41, 5.74) is 2.24. The van der Waals surface area contributed by atoms with E-state index in [0.29, 0.717) is 40.2 Å². The van der Waals surface area contributed by atoms with Gasteiger partial charge < -0.3 is 15.7 Å². The van der Waals surface area contributed by atoms with Gasteiger partial charge in [0.2, 0.25) is 0 Å². The normalized spacial score (nSPS) is 12.3. The molecule has 5 nitrogen and oxygen atoms in total. The highest BCUT2D eigenvalue weighted by atomic mass is 35.5. The van der Waals surface area contributed by atoms with Crippen LogP contribution < -0.4 is 10.6 Å². The molecule has 0 aliphatic heterocycles. The average molecular weight is 391 g/mol. The molecule has 136 valence electrons. The number of guanidine groups is 1. The highest BCUT2D eigenvalue weighted by Gasteiger charge is 2.10. The van der Waals surface area contributed by atoms with Crippen molar-refractivity contribution in [3.63, 3.8) is 0 Å². The first-order valence-corrected chi connectivity index (χ1v) is 8.92. The van der Waals surface area contributed by atoms with E-state index in [2.05, 4.69) is 21.7 Å². The summed E-state index contributed by atoms with van der Waals surface area (Å²) < 4.78 is 0. The van der Waals surface area contributed by atoms with E-state index in [1.807, 2.05) is 19.1 Å². The molecule has 2 rings (SSSR count). The number of aliphatic hydroxyl groups excluding tert-OH is 1. The molecule has 0 aliphatic rings. The fourth-order valence-electron chi connectivity index (χ4n) is 2.28. The van der Waals surface area contributed by atoms with Crippen LogP contribution in [0.3, 0.4) is 0 Å². The second-order valence-corrected chi connectivity index (χ2v) is 6.48. The van der Waals surface area contributed by atoms with E-state index < -0.39 is 6.10 Å². The number of halogens is 2. The highest BCUT2D eigenvalue weighted by Crippen LogP contribution is 2.23. The fourth-order valence-corrected chi connectivity index (χ4v) is 2.82. The Labute approximate surface area is 163 Å². The summed E-state index contributed by atoms with van der Waals surface area (Å²) in [5.74, 6) is 0.587. The summed E-state index contributed by atoms with van der Waals surface area (Å²) in [6, 6.07) is 14.3. The van der Waals surface area contributed by atoms with E-state index in [4.69, 9.17) is 28.5 Å². The molecule has 0 amide bonds. The van der Waals surface area contributed by atoms with Crippen molar-refractivity contribution < 1.29 is 5.11 Å². The van der Waals surface area contributed by atoms with Crippen LogP contribution in [0.4, 0.5) is 0 Å². The van der Waals surface area contributed by atoms with Gasteiger partial charge >= 0.3 is 0 Å². The number of aliphatic imine (C=N–C) groups is 1. The van der Waals surface area contributed by atoms with Gasteiger partial charge in [-0.1, -0.05) is 35.3 Å². The molecule has 0 bridgehead atoms. The standard InChI is InChI=1S/C19H20Cl2N4O/c1-2-23-19(24-11-14-5-3-13(10-22)4-6-14)25-12-18(26)15-7-16(20)9-17(21)8-15/h3-9,18,26H,2,11-12H2,1H3,(H2,23,24,25). The number of benzene rings is 2. The molecule has 0 saturated heterocycles. The first-order valence-electron chi connectivity index (χ1n) is 8.17. The zero-order valence-corrected chi connectivity index (χ0v) is 15.8. The molecular formula is C19H20Cl2N4O. The molecule has 1 atom stereocenters. The van der Waals surface area contributed by atoms with Crippen LogP contribution in [0.15, 0.2) is 47.5 Å². The third-order valence-corrected chi connectivity index (χ3v) is 4.02. The zero-order valence-electron chi connectivity index (χ0n) is 14.3. The van der Waals surface area contributed by atoms with Crippen molar-refractivity contribution in [3.8, 4) is 6.07 Å². The Bertz CT molecular complexity index is 780. The predicted octanol–water partition coefficient (Wildman–Crippen LogP) is 3.65. The van der Waals surface area contributed by atoms with Gasteiger partial charge in [0.15, 0.2) is 5.96 Å². The van der Waals surface area contributed by atoms with Crippen LogP contribution in [-0.4, -0.2) is 24.2 Å². The summed E-state index contributed by atoms with van der Waals surface area (Å²) in [4.78, 5) is 4.49. The van der Waals surface area contributed by atoms with Gasteiger partial charge in [0.25, 0.3) is 0 Å². The summed E-state index contributed by atoms with van der Waals surface area (Å²) >= 11 is 11.9. The molecular weight excluding hydrogens is 371 g/mol. The predicted molar refractivity (Wildman–Crippen MR) is 105 cm³/mol. The Kier molecular flexibility index (Phi) is 7.73. The van der Waals surface area contributed by atoms with Crippen LogP contribution in [0.1, 0.15) is 29.7 Å². The Morgan fingerprint density at radius 1 is 1.15 bits per heavy atom. The van der Waals surface area contributed by atoms with Crippen LogP contribution in [0.5, 0.6) is 0 Å². The minimum absolute atomic E-state index is 0.260. The van der Waals surface area contributed by atoms with E-state index in [1.165, 1.54) is 0 Å². The van der Waals surface area contributed by atoms with E-state index in [-0.39, 0.29) is 6.54 Å². The summed E-state index contributed by atoms with van der Waals surface area (Å²) in [7, 11) is 0. The molecule has 2 aromatic rings. The number of nitriles is 1.